The molecule has 0 spiro atoms. The van der Waals surface area contributed by atoms with Crippen LogP contribution in [0, 0.1) is 10.1 Å². The molecule has 0 aromatic rings. The zero-order chi connectivity index (χ0) is 9.90. The van der Waals surface area contributed by atoms with E-state index >= 15 is 0 Å². The summed E-state index contributed by atoms with van der Waals surface area (Å²) in [6.45, 7) is 6.24. The maximum absolute atomic E-state index is 10.2. The molecule has 1 rings (SSSR count). The first-order valence-corrected chi connectivity index (χ1v) is 4.14. The molecule has 0 amide bonds. The molecule has 1 heterocycles. The number of nitro groups is 1. The zero-order valence-electron chi connectivity index (χ0n) is 7.62. The fraction of sp³-hybridized carbons (Fsp3) is 0.750. The molecule has 74 valence electrons. The van der Waals surface area contributed by atoms with E-state index in [-0.39, 0.29) is 5.70 Å². The van der Waals surface area contributed by atoms with E-state index in [1.165, 1.54) is 0 Å². The molecular weight excluding hydrogens is 174 g/mol. The van der Waals surface area contributed by atoms with Gasteiger partial charge in [0.1, 0.15) is 0 Å². The highest BCUT2D eigenvalue weighted by Gasteiger charge is 2.31. The molecule has 13 heavy (non-hydrogen) atoms. The van der Waals surface area contributed by atoms with Crippen LogP contribution in [0.5, 0.6) is 0 Å². The third-order valence-corrected chi connectivity index (χ3v) is 2.02. The summed E-state index contributed by atoms with van der Waals surface area (Å²) in [5.74, 6) is -0.654. The Labute approximate surface area is 76.5 Å². The number of hydrogen-bond acceptors (Lipinski definition) is 4. The molecule has 1 aliphatic rings. The molecule has 0 aliphatic carbocycles. The molecule has 5 nitrogen and oxygen atoms in total. The van der Waals surface area contributed by atoms with E-state index in [2.05, 4.69) is 6.58 Å². The predicted molar refractivity (Wildman–Crippen MR) is 45.7 cm³/mol. The number of ether oxygens (including phenoxy) is 2. The van der Waals surface area contributed by atoms with Crippen LogP contribution in [0.4, 0.5) is 0 Å². The Balaban J connectivity index is 2.33. The molecule has 0 aromatic heterocycles. The monoisotopic (exact) mass is 187 g/mol. The van der Waals surface area contributed by atoms with Crippen molar-refractivity contribution in [2.45, 2.75) is 25.6 Å². The molecule has 0 bridgehead atoms. The minimum Gasteiger partial charge on any atom is -0.348 e. The average molecular weight is 187 g/mol. The molecular formula is C8H13NO4. The van der Waals surface area contributed by atoms with E-state index in [4.69, 9.17) is 9.47 Å². The Bertz CT molecular complexity index is 220. The number of rotatable bonds is 4. The van der Waals surface area contributed by atoms with Crippen LogP contribution >= 0.6 is 0 Å². The molecule has 0 radical (unpaired) electrons. The summed E-state index contributed by atoms with van der Waals surface area (Å²) in [6.07, 6.45) is 0.774. The van der Waals surface area contributed by atoms with Crippen molar-refractivity contribution in [3.63, 3.8) is 0 Å². The molecule has 0 N–H and O–H groups in total. The standard InChI is InChI=1S/C8H13NO4/c1-7(9(10)11)3-4-8(2)12-5-6-13-8/h1,3-6H2,2H3. The van der Waals surface area contributed by atoms with Crippen molar-refractivity contribution in [1.82, 2.24) is 0 Å². The van der Waals surface area contributed by atoms with Crippen LogP contribution in [-0.4, -0.2) is 23.9 Å². The summed E-state index contributed by atoms with van der Waals surface area (Å²) in [5, 5.41) is 10.2. The quantitative estimate of drug-likeness (QED) is 0.492. The SMILES string of the molecule is C=C(CCC1(C)OCCO1)[N+](=O)[O-]. The maximum atomic E-state index is 10.2. The first-order valence-electron chi connectivity index (χ1n) is 4.14. The van der Waals surface area contributed by atoms with Crippen molar-refractivity contribution >= 4 is 0 Å². The maximum Gasteiger partial charge on any atom is 0.239 e. The Morgan fingerprint density at radius 1 is 1.62 bits per heavy atom. The van der Waals surface area contributed by atoms with Crippen molar-refractivity contribution in [3.05, 3.63) is 22.4 Å². The van der Waals surface area contributed by atoms with Gasteiger partial charge in [0.2, 0.25) is 5.70 Å². The minimum absolute atomic E-state index is 0.000301. The Hall–Kier alpha value is -0.940. The number of hydrogen-bond donors (Lipinski definition) is 0. The summed E-state index contributed by atoms with van der Waals surface area (Å²) in [4.78, 5) is 9.76. The van der Waals surface area contributed by atoms with E-state index in [9.17, 15) is 10.1 Å². The van der Waals surface area contributed by atoms with Crippen LogP contribution in [0.25, 0.3) is 0 Å². The second kappa shape index (κ2) is 3.85. The summed E-state index contributed by atoms with van der Waals surface area (Å²) in [7, 11) is 0. The summed E-state index contributed by atoms with van der Waals surface area (Å²) < 4.78 is 10.6. The highest BCUT2D eigenvalue weighted by molar-refractivity contribution is 4.83. The lowest BCUT2D eigenvalue weighted by atomic mass is 10.1. The van der Waals surface area contributed by atoms with Crippen LogP contribution in [-0.2, 0) is 9.47 Å². The summed E-state index contributed by atoms with van der Waals surface area (Å²) in [5.41, 5.74) is 0.000301. The van der Waals surface area contributed by atoms with Crippen LogP contribution in [0.2, 0.25) is 0 Å². The van der Waals surface area contributed by atoms with Crippen LogP contribution < -0.4 is 0 Å². The van der Waals surface area contributed by atoms with Crippen molar-refractivity contribution in [3.8, 4) is 0 Å². The third kappa shape index (κ3) is 2.78. The lowest BCUT2D eigenvalue weighted by Gasteiger charge is -2.20. The second-order valence-corrected chi connectivity index (χ2v) is 3.15. The van der Waals surface area contributed by atoms with Crippen molar-refractivity contribution in [1.29, 1.82) is 0 Å². The van der Waals surface area contributed by atoms with Gasteiger partial charge in [-0.15, -0.1) is 0 Å². The fourth-order valence-electron chi connectivity index (χ4n) is 1.16. The lowest BCUT2D eigenvalue weighted by Crippen LogP contribution is -2.25. The van der Waals surface area contributed by atoms with Crippen molar-refractivity contribution < 1.29 is 14.4 Å². The van der Waals surface area contributed by atoms with Crippen LogP contribution in [0.1, 0.15) is 19.8 Å². The van der Waals surface area contributed by atoms with Gasteiger partial charge in [-0.25, -0.2) is 0 Å². The molecule has 1 aliphatic heterocycles. The van der Waals surface area contributed by atoms with Gasteiger partial charge < -0.3 is 9.47 Å². The smallest absolute Gasteiger partial charge is 0.239 e. The van der Waals surface area contributed by atoms with Crippen LogP contribution in [0.15, 0.2) is 12.3 Å². The van der Waals surface area contributed by atoms with E-state index in [0.717, 1.165) is 0 Å². The summed E-state index contributed by atoms with van der Waals surface area (Å²) in [6, 6.07) is 0. The van der Waals surface area contributed by atoms with Gasteiger partial charge in [0, 0.05) is 12.8 Å². The van der Waals surface area contributed by atoms with Gasteiger partial charge in [-0.3, -0.25) is 10.1 Å². The molecule has 0 saturated carbocycles. The Kier molecular flexibility index (Phi) is 3.00. The number of allylic oxidation sites excluding steroid dienone is 1. The zero-order valence-corrected chi connectivity index (χ0v) is 7.62. The lowest BCUT2D eigenvalue weighted by molar-refractivity contribution is -0.428. The topological polar surface area (TPSA) is 61.6 Å². The molecule has 5 heteroatoms. The second-order valence-electron chi connectivity index (χ2n) is 3.15. The first-order chi connectivity index (χ1) is 6.03. The van der Waals surface area contributed by atoms with Gasteiger partial charge in [0.05, 0.1) is 18.1 Å². The normalized spacial score (nSPS) is 20.1. The fourth-order valence-corrected chi connectivity index (χ4v) is 1.16. The minimum atomic E-state index is -0.654. The van der Waals surface area contributed by atoms with Gasteiger partial charge in [0.25, 0.3) is 0 Å². The molecule has 0 atom stereocenters. The van der Waals surface area contributed by atoms with E-state index in [1.54, 1.807) is 6.92 Å². The average Bonchev–Trinajstić information content (AvgIpc) is 2.48. The highest BCUT2D eigenvalue weighted by Crippen LogP contribution is 2.25. The van der Waals surface area contributed by atoms with E-state index in [1.807, 2.05) is 0 Å². The van der Waals surface area contributed by atoms with Gasteiger partial charge in [0.15, 0.2) is 5.79 Å². The molecule has 1 fully saturated rings. The van der Waals surface area contributed by atoms with E-state index < -0.39 is 10.7 Å². The van der Waals surface area contributed by atoms with Gasteiger partial charge >= 0.3 is 0 Å². The van der Waals surface area contributed by atoms with Gasteiger partial charge in [-0.1, -0.05) is 0 Å². The van der Waals surface area contributed by atoms with Gasteiger partial charge in [-0.05, 0) is 13.5 Å². The van der Waals surface area contributed by atoms with E-state index in [0.29, 0.717) is 26.1 Å². The highest BCUT2D eigenvalue weighted by atomic mass is 16.7. The van der Waals surface area contributed by atoms with Crippen molar-refractivity contribution in [2.24, 2.45) is 0 Å². The summed E-state index contributed by atoms with van der Waals surface area (Å²) >= 11 is 0. The molecule has 0 unspecified atom stereocenters. The Morgan fingerprint density at radius 2 is 2.15 bits per heavy atom. The predicted octanol–water partition coefficient (Wildman–Crippen LogP) is 1.32. The first kappa shape index (κ1) is 10.1. The largest absolute Gasteiger partial charge is 0.348 e. The Morgan fingerprint density at radius 3 is 2.62 bits per heavy atom. The van der Waals surface area contributed by atoms with Gasteiger partial charge in [-0.2, -0.15) is 0 Å². The number of nitrogens with zero attached hydrogens (tertiary/aromatic N) is 1. The van der Waals surface area contributed by atoms with Crippen LogP contribution in [0.3, 0.4) is 0 Å². The van der Waals surface area contributed by atoms with Crippen molar-refractivity contribution in [2.75, 3.05) is 13.2 Å². The third-order valence-electron chi connectivity index (χ3n) is 2.02. The molecule has 1 saturated heterocycles. The molecule has 0 aromatic carbocycles.